The first-order chi connectivity index (χ1) is 14.1. The molecule has 2 aromatic rings. The maximum atomic E-state index is 12.9. The summed E-state index contributed by atoms with van der Waals surface area (Å²) in [7, 11) is 2.16. The van der Waals surface area contributed by atoms with E-state index in [0.717, 1.165) is 62.2 Å². The van der Waals surface area contributed by atoms with Crippen LogP contribution in [0.2, 0.25) is 0 Å². The molecule has 0 unspecified atom stereocenters. The Morgan fingerprint density at radius 1 is 1.10 bits per heavy atom. The minimum Gasteiger partial charge on any atom is -0.467 e. The fourth-order valence-electron chi connectivity index (χ4n) is 4.58. The Hall–Kier alpha value is -2.31. The highest BCUT2D eigenvalue weighted by Crippen LogP contribution is 2.38. The van der Waals surface area contributed by atoms with Gasteiger partial charge in [-0.3, -0.25) is 0 Å². The van der Waals surface area contributed by atoms with Gasteiger partial charge in [0, 0.05) is 31.7 Å². The van der Waals surface area contributed by atoms with Gasteiger partial charge in [-0.1, -0.05) is 24.3 Å². The third kappa shape index (κ3) is 4.82. The number of carbonyl (C=O) groups is 1. The number of urea groups is 1. The number of carbonyl (C=O) groups excluding carboxylic acids is 1. The van der Waals surface area contributed by atoms with Crippen molar-refractivity contribution in [2.24, 2.45) is 0 Å². The van der Waals surface area contributed by atoms with Crippen LogP contribution in [0.3, 0.4) is 0 Å². The fourth-order valence-corrected chi connectivity index (χ4v) is 4.58. The van der Waals surface area contributed by atoms with Crippen molar-refractivity contribution in [2.75, 3.05) is 26.7 Å². The number of nitrogens with zero attached hydrogens (tertiary/aromatic N) is 2. The zero-order valence-corrected chi connectivity index (χ0v) is 17.2. The van der Waals surface area contributed by atoms with Crippen LogP contribution >= 0.6 is 0 Å². The van der Waals surface area contributed by atoms with Gasteiger partial charge in [0.2, 0.25) is 0 Å². The highest BCUT2D eigenvalue weighted by Gasteiger charge is 2.44. The second-order valence-corrected chi connectivity index (χ2v) is 8.33. The average Bonchev–Trinajstić information content (AvgIpc) is 3.39. The summed E-state index contributed by atoms with van der Waals surface area (Å²) in [6.07, 6.45) is 6.06. The van der Waals surface area contributed by atoms with Crippen LogP contribution in [0.1, 0.15) is 42.6 Å². The van der Waals surface area contributed by atoms with Crippen LogP contribution in [-0.4, -0.2) is 48.1 Å². The number of benzene rings is 1. The van der Waals surface area contributed by atoms with Crippen LogP contribution < -0.4 is 5.32 Å². The first-order valence-electron chi connectivity index (χ1n) is 10.6. The summed E-state index contributed by atoms with van der Waals surface area (Å²) in [4.78, 5) is 17.4. The molecule has 1 aromatic carbocycles. The number of hydrogen-bond donors (Lipinski definition) is 1. The van der Waals surface area contributed by atoms with Crippen molar-refractivity contribution >= 4 is 6.03 Å². The molecule has 2 aliphatic rings. The fraction of sp³-hybridized carbons (Fsp3) is 0.522. The van der Waals surface area contributed by atoms with E-state index in [-0.39, 0.29) is 11.6 Å². The van der Waals surface area contributed by atoms with E-state index in [1.54, 1.807) is 6.26 Å². The molecule has 6 nitrogen and oxygen atoms in total. The molecule has 1 aromatic heterocycles. The lowest BCUT2D eigenvalue weighted by Crippen LogP contribution is -2.55. The number of ether oxygens (including phenoxy) is 1. The Morgan fingerprint density at radius 3 is 2.72 bits per heavy atom. The first-order valence-corrected chi connectivity index (χ1v) is 10.6. The maximum absolute atomic E-state index is 12.9. The molecule has 2 aliphatic heterocycles. The molecule has 2 amide bonds. The molecule has 1 N–H and O–H groups in total. The minimum absolute atomic E-state index is 0.0676. The Morgan fingerprint density at radius 2 is 1.93 bits per heavy atom. The van der Waals surface area contributed by atoms with Crippen molar-refractivity contribution in [3.8, 4) is 0 Å². The normalized spacial score (nSPS) is 19.0. The molecule has 0 radical (unpaired) electrons. The van der Waals surface area contributed by atoms with E-state index < -0.39 is 0 Å². The van der Waals surface area contributed by atoms with E-state index in [1.165, 1.54) is 0 Å². The highest BCUT2D eigenvalue weighted by atomic mass is 16.5. The number of likely N-dealkylation sites (tertiary alicyclic amines) is 2. The zero-order chi connectivity index (χ0) is 20.1. The van der Waals surface area contributed by atoms with E-state index in [1.807, 2.05) is 30.3 Å². The van der Waals surface area contributed by atoms with E-state index in [2.05, 4.69) is 28.2 Å². The molecule has 0 bridgehead atoms. The van der Waals surface area contributed by atoms with Gasteiger partial charge in [-0.15, -0.1) is 0 Å². The van der Waals surface area contributed by atoms with Crippen molar-refractivity contribution in [1.82, 2.24) is 15.1 Å². The van der Waals surface area contributed by atoms with Gasteiger partial charge in [-0.05, 0) is 56.0 Å². The van der Waals surface area contributed by atoms with Crippen molar-refractivity contribution < 1.29 is 13.9 Å². The van der Waals surface area contributed by atoms with Crippen molar-refractivity contribution in [3.05, 3.63) is 59.5 Å². The molecule has 4 rings (SSSR count). The lowest BCUT2D eigenvalue weighted by Gasteiger charge is -2.44. The number of nitrogens with one attached hydrogen (secondary N) is 1. The van der Waals surface area contributed by atoms with E-state index in [9.17, 15) is 4.79 Å². The Kier molecular flexibility index (Phi) is 6.21. The first kappa shape index (κ1) is 20.0. The molecule has 29 heavy (non-hydrogen) atoms. The summed E-state index contributed by atoms with van der Waals surface area (Å²) in [5.41, 5.74) is 2.25. The van der Waals surface area contributed by atoms with E-state index >= 15 is 0 Å². The Balaban J connectivity index is 1.29. The number of amides is 2. The summed E-state index contributed by atoms with van der Waals surface area (Å²) in [6.45, 7) is 4.53. The second-order valence-electron chi connectivity index (χ2n) is 8.33. The molecular formula is C23H31N3O3. The van der Waals surface area contributed by atoms with Crippen molar-refractivity contribution in [1.29, 1.82) is 0 Å². The van der Waals surface area contributed by atoms with Crippen molar-refractivity contribution in [2.45, 2.75) is 51.0 Å². The molecular weight excluding hydrogens is 366 g/mol. The summed E-state index contributed by atoms with van der Waals surface area (Å²) < 4.78 is 11.0. The Labute approximate surface area is 172 Å². The summed E-state index contributed by atoms with van der Waals surface area (Å²) >= 11 is 0. The van der Waals surface area contributed by atoms with Crippen LogP contribution in [0, 0.1) is 0 Å². The standard InChI is InChI=1S/C23H31N3O3/c1-25-12-9-23(10-13-25)8-4-11-26(23)22(27)24-16-19-5-2-6-20(15-19)17-28-18-21-7-3-14-29-21/h2-3,5-7,14-15H,4,8-13,16-18H2,1H3,(H,24,27). The highest BCUT2D eigenvalue weighted by molar-refractivity contribution is 5.75. The van der Waals surface area contributed by atoms with Gasteiger partial charge in [-0.25, -0.2) is 4.79 Å². The molecule has 156 valence electrons. The van der Waals surface area contributed by atoms with Crippen LogP contribution in [0.5, 0.6) is 0 Å². The van der Waals surface area contributed by atoms with Gasteiger partial charge in [0.15, 0.2) is 0 Å². The lowest BCUT2D eigenvalue weighted by molar-refractivity contribution is 0.0828. The maximum Gasteiger partial charge on any atom is 0.318 e. The van der Waals surface area contributed by atoms with Crippen molar-refractivity contribution in [3.63, 3.8) is 0 Å². The van der Waals surface area contributed by atoms with Gasteiger partial charge in [0.1, 0.15) is 12.4 Å². The van der Waals surface area contributed by atoms with Gasteiger partial charge in [-0.2, -0.15) is 0 Å². The predicted octanol–water partition coefficient (Wildman–Crippen LogP) is 3.77. The molecule has 0 atom stereocenters. The molecule has 2 fully saturated rings. The summed E-state index contributed by atoms with van der Waals surface area (Å²) in [5.74, 6) is 0.821. The minimum atomic E-state index is 0.0676. The summed E-state index contributed by atoms with van der Waals surface area (Å²) in [6, 6.07) is 12.0. The molecule has 6 heteroatoms. The van der Waals surface area contributed by atoms with Gasteiger partial charge >= 0.3 is 6.03 Å². The number of furan rings is 1. The summed E-state index contributed by atoms with van der Waals surface area (Å²) in [5, 5.41) is 3.15. The van der Waals surface area contributed by atoms with E-state index in [0.29, 0.717) is 19.8 Å². The quantitative estimate of drug-likeness (QED) is 0.806. The Bertz CT molecular complexity index is 797. The topological polar surface area (TPSA) is 58.0 Å². The third-order valence-electron chi connectivity index (χ3n) is 6.29. The molecule has 3 heterocycles. The van der Waals surface area contributed by atoms with Crippen LogP contribution in [0.25, 0.3) is 0 Å². The molecule has 0 saturated carbocycles. The zero-order valence-electron chi connectivity index (χ0n) is 17.2. The lowest BCUT2D eigenvalue weighted by atomic mass is 9.85. The number of piperidine rings is 1. The molecule has 0 aliphatic carbocycles. The van der Waals surface area contributed by atoms with Gasteiger partial charge in [0.05, 0.1) is 12.9 Å². The number of hydrogen-bond acceptors (Lipinski definition) is 4. The smallest absolute Gasteiger partial charge is 0.318 e. The van der Waals surface area contributed by atoms with Crippen LogP contribution in [0.4, 0.5) is 4.79 Å². The monoisotopic (exact) mass is 397 g/mol. The SMILES string of the molecule is CN1CCC2(CCCN2C(=O)NCc2cccc(COCc3ccco3)c2)CC1. The number of rotatable bonds is 6. The van der Waals surface area contributed by atoms with E-state index in [4.69, 9.17) is 9.15 Å². The molecule has 1 spiro atoms. The third-order valence-corrected chi connectivity index (χ3v) is 6.29. The van der Waals surface area contributed by atoms with Gasteiger partial charge in [0.25, 0.3) is 0 Å². The second kappa shape index (κ2) is 9.01. The largest absolute Gasteiger partial charge is 0.467 e. The predicted molar refractivity (Wildman–Crippen MR) is 111 cm³/mol. The molecule has 2 saturated heterocycles. The van der Waals surface area contributed by atoms with Crippen LogP contribution in [-0.2, 0) is 24.5 Å². The van der Waals surface area contributed by atoms with Crippen LogP contribution in [0.15, 0.2) is 47.1 Å². The average molecular weight is 398 g/mol. The van der Waals surface area contributed by atoms with Gasteiger partial charge < -0.3 is 24.3 Å².